The van der Waals surface area contributed by atoms with E-state index in [0.29, 0.717) is 34.5 Å². The molecule has 1 unspecified atom stereocenters. The highest BCUT2D eigenvalue weighted by atomic mass is 35.5. The van der Waals surface area contributed by atoms with Gasteiger partial charge in [0.05, 0.1) is 27.3 Å². The first-order valence-corrected chi connectivity index (χ1v) is 15.0. The van der Waals surface area contributed by atoms with E-state index in [-0.39, 0.29) is 22.0 Å². The summed E-state index contributed by atoms with van der Waals surface area (Å²) in [6.07, 6.45) is 5.27. The van der Waals surface area contributed by atoms with Gasteiger partial charge in [0, 0.05) is 34.8 Å². The Morgan fingerprint density at radius 3 is 2.50 bits per heavy atom. The molecule has 9 nitrogen and oxygen atoms in total. The van der Waals surface area contributed by atoms with E-state index in [1.54, 1.807) is 48.7 Å². The summed E-state index contributed by atoms with van der Waals surface area (Å²) in [6.45, 7) is 5.71. The molecule has 210 valence electrons. The molecule has 1 aliphatic carbocycles. The van der Waals surface area contributed by atoms with Gasteiger partial charge in [-0.2, -0.15) is 0 Å². The van der Waals surface area contributed by atoms with Crippen LogP contribution in [0.25, 0.3) is 22.2 Å². The number of fused-ring (bicyclic) bond motifs is 1. The maximum absolute atomic E-state index is 13.6. The first kappa shape index (κ1) is 27.9. The molecule has 4 aromatic rings. The third-order valence-corrected chi connectivity index (χ3v) is 9.22. The number of rotatable bonds is 6. The highest BCUT2D eigenvalue weighted by Gasteiger charge is 2.36. The minimum Gasteiger partial charge on any atom is -0.465 e. The number of benzene rings is 2. The van der Waals surface area contributed by atoms with Crippen LogP contribution in [0.5, 0.6) is 0 Å². The number of nitrogens with one attached hydrogen (secondary N) is 1. The number of carbonyl (C=O) groups is 1. The van der Waals surface area contributed by atoms with E-state index in [4.69, 9.17) is 16.6 Å². The predicted molar refractivity (Wildman–Crippen MR) is 156 cm³/mol. The molecule has 40 heavy (non-hydrogen) atoms. The van der Waals surface area contributed by atoms with E-state index in [2.05, 4.69) is 10.3 Å². The Kier molecular flexibility index (Phi) is 7.50. The molecule has 0 aliphatic heterocycles. The fourth-order valence-corrected chi connectivity index (χ4v) is 7.16. The molecule has 2 heterocycles. The Hall–Kier alpha value is -3.63. The fraction of sp³-hybridized carbons (Fsp3) is 0.345. The van der Waals surface area contributed by atoms with E-state index in [1.807, 2.05) is 32.9 Å². The van der Waals surface area contributed by atoms with Crippen LogP contribution >= 0.6 is 11.6 Å². The largest absolute Gasteiger partial charge is 0.465 e. The number of nitrogens with zero attached hydrogens (tertiary/aromatic N) is 4. The minimum atomic E-state index is -3.87. The summed E-state index contributed by atoms with van der Waals surface area (Å²) in [5.41, 5.74) is 0.969. The van der Waals surface area contributed by atoms with Crippen LogP contribution in [0.4, 0.5) is 10.7 Å². The average Bonchev–Trinajstić information content (AvgIpc) is 3.30. The van der Waals surface area contributed by atoms with Gasteiger partial charge in [-0.15, -0.1) is 0 Å². The Balaban J connectivity index is 1.49. The normalized spacial score (nSPS) is 18.0. The van der Waals surface area contributed by atoms with Crippen LogP contribution in [-0.2, 0) is 10.0 Å². The lowest BCUT2D eigenvalue weighted by molar-refractivity contribution is 0.0551. The number of carboxylic acid groups (broad SMARTS) is 1. The summed E-state index contributed by atoms with van der Waals surface area (Å²) >= 11 is 6.58. The van der Waals surface area contributed by atoms with Gasteiger partial charge in [-0.3, -0.25) is 0 Å². The molecule has 5 rings (SSSR count). The van der Waals surface area contributed by atoms with Gasteiger partial charge < -0.3 is 15.3 Å². The quantitative estimate of drug-likeness (QED) is 0.267. The molecule has 2 aromatic heterocycles. The third kappa shape index (κ3) is 5.38. The Morgan fingerprint density at radius 2 is 1.80 bits per heavy atom. The van der Waals surface area contributed by atoms with Gasteiger partial charge >= 0.3 is 6.09 Å². The second kappa shape index (κ2) is 10.7. The smallest absolute Gasteiger partial charge is 0.407 e. The van der Waals surface area contributed by atoms with Crippen LogP contribution in [0.2, 0.25) is 5.02 Å². The predicted octanol–water partition coefficient (Wildman–Crippen LogP) is 6.49. The molecule has 0 saturated heterocycles. The highest BCUT2D eigenvalue weighted by Crippen LogP contribution is 2.36. The van der Waals surface area contributed by atoms with Gasteiger partial charge in [0.15, 0.2) is 0 Å². The van der Waals surface area contributed by atoms with Crippen molar-refractivity contribution in [3.05, 3.63) is 72.0 Å². The number of anilines is 1. The standard InChI is InChI=1S/C29H32ClN5O4S/c1-29(2,3)35(28(36)37)20-11-9-10-19(16-20)32-27-31-17-24(30)26(33-27)23-18-34(25-15-8-7-14-22(23)25)40(38,39)21-12-5-4-6-13-21/h4-8,12-15,17-20H,9-11,16H2,1-3H3,(H,36,37)(H,31,32,33)/t19-,20?/m1/s1. The van der Waals surface area contributed by atoms with Crippen molar-refractivity contribution >= 4 is 44.6 Å². The number of hydrogen-bond acceptors (Lipinski definition) is 6. The highest BCUT2D eigenvalue weighted by molar-refractivity contribution is 7.90. The first-order valence-electron chi connectivity index (χ1n) is 13.2. The van der Waals surface area contributed by atoms with E-state index < -0.39 is 21.7 Å². The Labute approximate surface area is 238 Å². The molecule has 1 aliphatic rings. The van der Waals surface area contributed by atoms with Crippen LogP contribution in [-0.4, -0.2) is 56.1 Å². The molecule has 1 amide bonds. The van der Waals surface area contributed by atoms with Gasteiger partial charge in [-0.05, 0) is 64.7 Å². The first-order chi connectivity index (χ1) is 19.0. The molecular weight excluding hydrogens is 550 g/mol. The summed E-state index contributed by atoms with van der Waals surface area (Å²) in [4.78, 5) is 22.9. The topological polar surface area (TPSA) is 117 Å². The van der Waals surface area contributed by atoms with Crippen molar-refractivity contribution in [2.75, 3.05) is 5.32 Å². The van der Waals surface area contributed by atoms with Crippen LogP contribution in [0.1, 0.15) is 46.5 Å². The molecule has 0 radical (unpaired) electrons. The third-order valence-electron chi connectivity index (χ3n) is 7.25. The summed E-state index contributed by atoms with van der Waals surface area (Å²) in [5.74, 6) is 0.352. The number of amides is 1. The van der Waals surface area contributed by atoms with E-state index in [9.17, 15) is 18.3 Å². The van der Waals surface area contributed by atoms with Gasteiger partial charge in [0.25, 0.3) is 10.0 Å². The van der Waals surface area contributed by atoms with Crippen LogP contribution in [0, 0.1) is 0 Å². The van der Waals surface area contributed by atoms with Gasteiger partial charge in [-0.25, -0.2) is 27.2 Å². The molecule has 0 bridgehead atoms. The molecular formula is C29H32ClN5O4S. The van der Waals surface area contributed by atoms with Crippen molar-refractivity contribution in [1.82, 2.24) is 18.8 Å². The van der Waals surface area contributed by atoms with Crippen molar-refractivity contribution in [3.63, 3.8) is 0 Å². The summed E-state index contributed by atoms with van der Waals surface area (Å²) < 4.78 is 28.4. The second-order valence-electron chi connectivity index (χ2n) is 11.0. The lowest BCUT2D eigenvalue weighted by Gasteiger charge is -2.43. The summed E-state index contributed by atoms with van der Waals surface area (Å²) in [6, 6.07) is 15.3. The zero-order valence-corrected chi connectivity index (χ0v) is 24.2. The van der Waals surface area contributed by atoms with E-state index in [1.165, 1.54) is 15.1 Å². The summed E-state index contributed by atoms with van der Waals surface area (Å²) in [7, 11) is -3.87. The monoisotopic (exact) mass is 581 g/mol. The average molecular weight is 582 g/mol. The lowest BCUT2D eigenvalue weighted by Crippen LogP contribution is -2.53. The Bertz CT molecular complexity index is 1650. The molecule has 1 saturated carbocycles. The molecule has 11 heteroatoms. The molecule has 1 fully saturated rings. The van der Waals surface area contributed by atoms with E-state index in [0.717, 1.165) is 19.3 Å². The second-order valence-corrected chi connectivity index (χ2v) is 13.3. The number of aromatic nitrogens is 3. The van der Waals surface area contributed by atoms with Crippen molar-refractivity contribution in [1.29, 1.82) is 0 Å². The van der Waals surface area contributed by atoms with Crippen molar-refractivity contribution in [2.45, 2.75) is 69.0 Å². The van der Waals surface area contributed by atoms with Gasteiger partial charge in [0.1, 0.15) is 0 Å². The zero-order chi connectivity index (χ0) is 28.7. The van der Waals surface area contributed by atoms with Crippen LogP contribution in [0.3, 0.4) is 0 Å². The molecule has 0 spiro atoms. The van der Waals surface area contributed by atoms with Crippen LogP contribution < -0.4 is 5.32 Å². The van der Waals surface area contributed by atoms with Crippen LogP contribution in [0.15, 0.2) is 71.9 Å². The fourth-order valence-electron chi connectivity index (χ4n) is 5.57. The zero-order valence-electron chi connectivity index (χ0n) is 22.6. The molecule has 2 atom stereocenters. The van der Waals surface area contributed by atoms with E-state index >= 15 is 0 Å². The van der Waals surface area contributed by atoms with Gasteiger partial charge in [-0.1, -0.05) is 48.0 Å². The molecule has 2 aromatic carbocycles. The lowest BCUT2D eigenvalue weighted by atomic mass is 9.88. The molecule has 2 N–H and O–H groups in total. The number of para-hydroxylation sites is 1. The SMILES string of the molecule is CC(C)(C)N(C(=O)O)C1CCC[C@@H](Nc2ncc(Cl)c(-c3cn(S(=O)(=O)c4ccccc4)c4ccccc34)n2)C1. The van der Waals surface area contributed by atoms with Crippen molar-refractivity contribution < 1.29 is 18.3 Å². The summed E-state index contributed by atoms with van der Waals surface area (Å²) in [5, 5.41) is 14.2. The van der Waals surface area contributed by atoms with Crippen molar-refractivity contribution in [2.24, 2.45) is 0 Å². The van der Waals surface area contributed by atoms with Crippen molar-refractivity contribution in [3.8, 4) is 11.3 Å². The maximum Gasteiger partial charge on any atom is 0.407 e. The maximum atomic E-state index is 13.6. The number of halogens is 1. The van der Waals surface area contributed by atoms with Gasteiger partial charge in [0.2, 0.25) is 5.95 Å². The minimum absolute atomic E-state index is 0.0308. The number of hydrogen-bond donors (Lipinski definition) is 2. The Morgan fingerprint density at radius 1 is 1.10 bits per heavy atom.